The Hall–Kier alpha value is -1.55. The second-order valence-corrected chi connectivity index (χ2v) is 8.26. The number of carbonyl (C=O) groups is 1. The summed E-state index contributed by atoms with van der Waals surface area (Å²) in [5, 5.41) is 1.28. The fourth-order valence-corrected chi connectivity index (χ4v) is 3.73. The van der Waals surface area contributed by atoms with Gasteiger partial charge in [0.25, 0.3) is 5.91 Å². The predicted octanol–water partition coefficient (Wildman–Crippen LogP) is 5.37. The number of halogens is 2. The lowest BCUT2D eigenvalue weighted by Gasteiger charge is -2.32. The van der Waals surface area contributed by atoms with E-state index in [9.17, 15) is 4.79 Å². The van der Waals surface area contributed by atoms with Gasteiger partial charge in [-0.1, -0.05) is 48.3 Å². The minimum Gasteiger partial charge on any atom is -0.333 e. The number of hydrogen-bond donors (Lipinski definition) is 0. The lowest BCUT2D eigenvalue weighted by Crippen LogP contribution is -2.41. The summed E-state index contributed by atoms with van der Waals surface area (Å²) in [7, 11) is 0. The molecule has 1 aliphatic rings. The molecule has 0 aromatic heterocycles. The van der Waals surface area contributed by atoms with Crippen molar-refractivity contribution in [2.75, 3.05) is 26.2 Å². The highest BCUT2D eigenvalue weighted by Gasteiger charge is 2.20. The molecule has 144 valence electrons. The molecule has 0 bridgehead atoms. The van der Waals surface area contributed by atoms with Crippen molar-refractivity contribution in [2.45, 2.75) is 26.3 Å². The van der Waals surface area contributed by atoms with Crippen molar-refractivity contribution in [2.24, 2.45) is 5.92 Å². The van der Waals surface area contributed by atoms with E-state index < -0.39 is 0 Å². The highest BCUT2D eigenvalue weighted by Crippen LogP contribution is 2.18. The molecule has 2 aromatic rings. The maximum absolute atomic E-state index is 13.1. The lowest BCUT2D eigenvalue weighted by molar-refractivity contribution is 0.0709. The van der Waals surface area contributed by atoms with Gasteiger partial charge in [-0.2, -0.15) is 0 Å². The van der Waals surface area contributed by atoms with E-state index in [1.807, 2.05) is 41.3 Å². The van der Waals surface area contributed by atoms with Crippen molar-refractivity contribution in [1.29, 1.82) is 0 Å². The largest absolute Gasteiger partial charge is 0.333 e. The topological polar surface area (TPSA) is 23.6 Å². The van der Waals surface area contributed by atoms with Gasteiger partial charge in [-0.05, 0) is 67.7 Å². The van der Waals surface area contributed by atoms with Gasteiger partial charge in [-0.3, -0.25) is 4.79 Å². The number of benzene rings is 2. The summed E-state index contributed by atoms with van der Waals surface area (Å²) in [5.41, 5.74) is 1.70. The van der Waals surface area contributed by atoms with Gasteiger partial charge in [0.1, 0.15) is 0 Å². The maximum Gasteiger partial charge on any atom is 0.254 e. The highest BCUT2D eigenvalue weighted by molar-refractivity contribution is 6.31. The monoisotopic (exact) mass is 404 g/mol. The van der Waals surface area contributed by atoms with Gasteiger partial charge in [-0.25, -0.2) is 0 Å². The molecule has 0 aliphatic carbocycles. The van der Waals surface area contributed by atoms with E-state index >= 15 is 0 Å². The Bertz CT molecular complexity index is 755. The van der Waals surface area contributed by atoms with Gasteiger partial charge in [0.2, 0.25) is 0 Å². The Morgan fingerprint density at radius 3 is 2.44 bits per heavy atom. The van der Waals surface area contributed by atoms with Crippen LogP contribution in [0.5, 0.6) is 0 Å². The first-order valence-corrected chi connectivity index (χ1v) is 10.3. The molecule has 0 radical (unpaired) electrons. The van der Waals surface area contributed by atoms with E-state index in [-0.39, 0.29) is 5.91 Å². The second-order valence-electron chi connectivity index (χ2n) is 7.39. The van der Waals surface area contributed by atoms with Gasteiger partial charge in [0, 0.05) is 35.2 Å². The van der Waals surface area contributed by atoms with Crippen molar-refractivity contribution in [3.63, 3.8) is 0 Å². The summed E-state index contributed by atoms with van der Waals surface area (Å²) in [5.74, 6) is 0.817. The summed E-state index contributed by atoms with van der Waals surface area (Å²) < 4.78 is 0. The van der Waals surface area contributed by atoms with E-state index in [1.54, 1.807) is 12.1 Å². The van der Waals surface area contributed by atoms with Crippen LogP contribution in [0.1, 0.15) is 35.7 Å². The highest BCUT2D eigenvalue weighted by atomic mass is 35.5. The molecule has 0 N–H and O–H groups in total. The van der Waals surface area contributed by atoms with Crippen LogP contribution in [0.25, 0.3) is 0 Å². The third-order valence-corrected chi connectivity index (χ3v) is 5.69. The molecule has 1 amide bonds. The Balaban J connectivity index is 1.71. The number of piperidine rings is 1. The normalized spacial score (nSPS) is 15.7. The standard InChI is InChI=1S/C22H26Cl2N2O/c1-17-9-11-25(12-10-17)13-14-26(16-18-5-7-20(23)8-6-18)22(27)19-3-2-4-21(24)15-19/h2-8,15,17H,9-14,16H2,1H3. The van der Waals surface area contributed by atoms with Crippen molar-refractivity contribution in [3.05, 3.63) is 69.7 Å². The average molecular weight is 405 g/mol. The summed E-state index contributed by atoms with van der Waals surface area (Å²) in [4.78, 5) is 17.5. The Labute approximate surface area is 171 Å². The third kappa shape index (κ3) is 5.97. The smallest absolute Gasteiger partial charge is 0.254 e. The number of amides is 1. The lowest BCUT2D eigenvalue weighted by atomic mass is 9.99. The van der Waals surface area contributed by atoms with Crippen LogP contribution in [-0.4, -0.2) is 41.9 Å². The minimum absolute atomic E-state index is 0.0119. The predicted molar refractivity (Wildman–Crippen MR) is 112 cm³/mol. The molecule has 27 heavy (non-hydrogen) atoms. The van der Waals surface area contributed by atoms with E-state index in [2.05, 4.69) is 11.8 Å². The van der Waals surface area contributed by atoms with Gasteiger partial charge < -0.3 is 9.80 Å². The summed E-state index contributed by atoms with van der Waals surface area (Å²) >= 11 is 12.1. The Morgan fingerprint density at radius 1 is 1.07 bits per heavy atom. The van der Waals surface area contributed by atoms with Gasteiger partial charge in [0.15, 0.2) is 0 Å². The zero-order chi connectivity index (χ0) is 19.2. The zero-order valence-electron chi connectivity index (χ0n) is 15.7. The molecule has 0 saturated carbocycles. The van der Waals surface area contributed by atoms with E-state index in [0.29, 0.717) is 28.7 Å². The SMILES string of the molecule is CC1CCN(CCN(Cc2ccc(Cl)cc2)C(=O)c2cccc(Cl)c2)CC1. The van der Waals surface area contributed by atoms with Crippen LogP contribution >= 0.6 is 23.2 Å². The Morgan fingerprint density at radius 2 is 1.78 bits per heavy atom. The minimum atomic E-state index is 0.0119. The van der Waals surface area contributed by atoms with E-state index in [4.69, 9.17) is 23.2 Å². The summed E-state index contributed by atoms with van der Waals surface area (Å²) in [6, 6.07) is 14.9. The van der Waals surface area contributed by atoms with Gasteiger partial charge >= 0.3 is 0 Å². The first-order valence-electron chi connectivity index (χ1n) is 9.53. The number of likely N-dealkylation sites (tertiary alicyclic amines) is 1. The zero-order valence-corrected chi connectivity index (χ0v) is 17.2. The van der Waals surface area contributed by atoms with Crippen molar-refractivity contribution in [3.8, 4) is 0 Å². The van der Waals surface area contributed by atoms with E-state index in [0.717, 1.165) is 31.1 Å². The molecule has 2 aromatic carbocycles. The number of rotatable bonds is 6. The summed E-state index contributed by atoms with van der Waals surface area (Å²) in [6.07, 6.45) is 2.47. The second kappa shape index (κ2) is 9.59. The first kappa shape index (κ1) is 20.2. The van der Waals surface area contributed by atoms with Crippen LogP contribution in [0.15, 0.2) is 48.5 Å². The molecule has 3 rings (SSSR count). The van der Waals surface area contributed by atoms with Crippen LogP contribution in [0, 0.1) is 5.92 Å². The van der Waals surface area contributed by atoms with Crippen LogP contribution in [0.3, 0.4) is 0 Å². The summed E-state index contributed by atoms with van der Waals surface area (Å²) in [6.45, 7) is 6.69. The number of hydrogen-bond acceptors (Lipinski definition) is 2. The Kier molecular flexibility index (Phi) is 7.17. The third-order valence-electron chi connectivity index (χ3n) is 5.21. The fraction of sp³-hybridized carbons (Fsp3) is 0.409. The van der Waals surface area contributed by atoms with Crippen LogP contribution in [0.2, 0.25) is 10.0 Å². The van der Waals surface area contributed by atoms with Crippen LogP contribution in [-0.2, 0) is 6.54 Å². The fourth-order valence-electron chi connectivity index (χ4n) is 3.41. The quantitative estimate of drug-likeness (QED) is 0.645. The molecule has 0 unspecified atom stereocenters. The molecule has 0 atom stereocenters. The first-order chi connectivity index (χ1) is 13.0. The van der Waals surface area contributed by atoms with Crippen molar-refractivity contribution < 1.29 is 4.79 Å². The molecule has 3 nitrogen and oxygen atoms in total. The average Bonchev–Trinajstić information content (AvgIpc) is 2.67. The maximum atomic E-state index is 13.1. The van der Waals surface area contributed by atoms with Crippen molar-refractivity contribution in [1.82, 2.24) is 9.80 Å². The molecule has 1 saturated heterocycles. The van der Waals surface area contributed by atoms with E-state index in [1.165, 1.54) is 12.8 Å². The van der Waals surface area contributed by atoms with Crippen molar-refractivity contribution >= 4 is 29.1 Å². The molecular formula is C22H26Cl2N2O. The van der Waals surface area contributed by atoms with Crippen LogP contribution in [0.4, 0.5) is 0 Å². The molecule has 5 heteroatoms. The molecule has 1 aliphatic heterocycles. The molecule has 0 spiro atoms. The molecule has 1 fully saturated rings. The molecular weight excluding hydrogens is 379 g/mol. The molecule has 1 heterocycles. The number of carbonyl (C=O) groups excluding carboxylic acids is 1. The van der Waals surface area contributed by atoms with Crippen LogP contribution < -0.4 is 0 Å². The van der Waals surface area contributed by atoms with Gasteiger partial charge in [-0.15, -0.1) is 0 Å². The number of nitrogens with zero attached hydrogens (tertiary/aromatic N) is 2. The van der Waals surface area contributed by atoms with Gasteiger partial charge in [0.05, 0.1) is 0 Å².